The highest BCUT2D eigenvalue weighted by Crippen LogP contribution is 2.25. The molecule has 1 heteroatoms. The normalized spacial score (nSPS) is 10.8. The van der Waals surface area contributed by atoms with E-state index in [4.69, 9.17) is 4.74 Å². The third-order valence-electron chi connectivity index (χ3n) is 2.84. The van der Waals surface area contributed by atoms with E-state index in [0.717, 1.165) is 5.75 Å². The number of rotatable bonds is 1. The van der Waals surface area contributed by atoms with Gasteiger partial charge in [-0.2, -0.15) is 0 Å². The van der Waals surface area contributed by atoms with Crippen LogP contribution in [0.3, 0.4) is 0 Å². The minimum Gasteiger partial charge on any atom is -0.490 e. The molecule has 1 nitrogen and oxygen atoms in total. The highest BCUT2D eigenvalue weighted by atomic mass is 16.5. The number of hydrogen-bond acceptors (Lipinski definition) is 1. The summed E-state index contributed by atoms with van der Waals surface area (Å²) in [5, 5.41) is 4.91. The van der Waals surface area contributed by atoms with E-state index in [2.05, 4.69) is 49.6 Å². The van der Waals surface area contributed by atoms with Gasteiger partial charge in [-0.15, -0.1) is 0 Å². The summed E-state index contributed by atoms with van der Waals surface area (Å²) < 4.78 is 4.98. The van der Waals surface area contributed by atoms with Crippen LogP contribution < -0.4 is 4.74 Å². The van der Waals surface area contributed by atoms with Crippen LogP contribution in [0.4, 0.5) is 0 Å². The molecule has 16 heavy (non-hydrogen) atoms. The minimum absolute atomic E-state index is 0.794. The highest BCUT2D eigenvalue weighted by molar-refractivity contribution is 5.98. The largest absolute Gasteiger partial charge is 0.490 e. The summed E-state index contributed by atoms with van der Waals surface area (Å²) in [6.07, 6.45) is 0. The van der Waals surface area contributed by atoms with Crippen LogP contribution in [0.25, 0.3) is 21.5 Å². The van der Waals surface area contributed by atoms with Crippen LogP contribution in [0.15, 0.2) is 54.6 Å². The topological polar surface area (TPSA) is 9.23 Å². The van der Waals surface area contributed by atoms with Gasteiger partial charge in [-0.3, -0.25) is 0 Å². The first-order chi connectivity index (χ1) is 7.86. The number of hydrogen-bond donors (Lipinski definition) is 0. The summed E-state index contributed by atoms with van der Waals surface area (Å²) in [4.78, 5) is 0. The predicted octanol–water partition coefficient (Wildman–Crippen LogP) is 4.16. The van der Waals surface area contributed by atoms with Crippen LogP contribution in [0.1, 0.15) is 0 Å². The quantitative estimate of drug-likeness (QED) is 0.544. The Morgan fingerprint density at radius 3 is 2.00 bits per heavy atom. The van der Waals surface area contributed by atoms with Gasteiger partial charge in [0.05, 0.1) is 0 Å². The second kappa shape index (κ2) is 3.53. The fourth-order valence-corrected chi connectivity index (χ4v) is 2.01. The van der Waals surface area contributed by atoms with Crippen molar-refractivity contribution < 1.29 is 4.74 Å². The first-order valence-corrected chi connectivity index (χ1v) is 5.21. The van der Waals surface area contributed by atoms with E-state index >= 15 is 0 Å². The Labute approximate surface area is 94.3 Å². The van der Waals surface area contributed by atoms with E-state index < -0.39 is 0 Å². The lowest BCUT2D eigenvalue weighted by molar-refractivity contribution is 0.474. The monoisotopic (exact) mass is 207 g/mol. The molecule has 3 aromatic carbocycles. The van der Waals surface area contributed by atoms with E-state index in [0.29, 0.717) is 0 Å². The molecule has 3 aromatic rings. The summed E-state index contributed by atoms with van der Waals surface area (Å²) in [7, 11) is 3.43. The van der Waals surface area contributed by atoms with Crippen LogP contribution >= 0.6 is 0 Å². The Hall–Kier alpha value is -2.02. The molecule has 0 saturated heterocycles. The van der Waals surface area contributed by atoms with Crippen molar-refractivity contribution in [3.63, 3.8) is 0 Å². The van der Waals surface area contributed by atoms with Crippen LogP contribution in [0, 0.1) is 7.11 Å². The first-order valence-electron chi connectivity index (χ1n) is 5.21. The average molecular weight is 207 g/mol. The van der Waals surface area contributed by atoms with E-state index in [1.54, 1.807) is 0 Å². The summed E-state index contributed by atoms with van der Waals surface area (Å²) in [6, 6.07) is 18.7. The van der Waals surface area contributed by atoms with Gasteiger partial charge in [-0.05, 0) is 45.8 Å². The van der Waals surface area contributed by atoms with Crippen molar-refractivity contribution in [1.82, 2.24) is 0 Å². The Balaban J connectivity index is 2.37. The van der Waals surface area contributed by atoms with Gasteiger partial charge < -0.3 is 4.74 Å². The SMILES string of the molecule is [CH2]Oc1ccc2cc3ccccc3cc2c1. The molecular formula is C15H11O. The summed E-state index contributed by atoms with van der Waals surface area (Å²) in [5.74, 6) is 0.794. The minimum atomic E-state index is 0.794. The fourth-order valence-electron chi connectivity index (χ4n) is 2.01. The smallest absolute Gasteiger partial charge is 0.122 e. The van der Waals surface area contributed by atoms with Gasteiger partial charge in [-0.25, -0.2) is 0 Å². The molecule has 0 atom stereocenters. The summed E-state index contributed by atoms with van der Waals surface area (Å²) in [5.41, 5.74) is 0. The van der Waals surface area contributed by atoms with E-state index in [1.165, 1.54) is 21.5 Å². The van der Waals surface area contributed by atoms with Crippen molar-refractivity contribution >= 4 is 21.5 Å². The Kier molecular flexibility index (Phi) is 2.03. The molecule has 0 aliphatic heterocycles. The Bertz CT molecular complexity index is 656. The van der Waals surface area contributed by atoms with Crippen molar-refractivity contribution in [2.45, 2.75) is 0 Å². The molecule has 1 radical (unpaired) electrons. The Morgan fingerprint density at radius 1 is 0.688 bits per heavy atom. The van der Waals surface area contributed by atoms with Crippen LogP contribution in [-0.2, 0) is 0 Å². The lowest BCUT2D eigenvalue weighted by Crippen LogP contribution is -1.80. The third kappa shape index (κ3) is 1.41. The molecule has 0 aliphatic rings. The molecule has 0 saturated carbocycles. The fraction of sp³-hybridized carbons (Fsp3) is 0. The maximum atomic E-state index is 4.98. The van der Waals surface area contributed by atoms with Crippen LogP contribution in [0.2, 0.25) is 0 Å². The average Bonchev–Trinajstić information content (AvgIpc) is 2.35. The molecule has 0 amide bonds. The lowest BCUT2D eigenvalue weighted by Gasteiger charge is -2.04. The maximum Gasteiger partial charge on any atom is 0.122 e. The maximum absolute atomic E-state index is 4.98. The van der Waals surface area contributed by atoms with Gasteiger partial charge in [0.2, 0.25) is 0 Å². The molecule has 0 aliphatic carbocycles. The standard InChI is InChI=1S/C15H11O/c1-16-15-7-6-13-8-11-4-2-3-5-12(11)9-14(13)10-15/h2-10H,1H2. The highest BCUT2D eigenvalue weighted by Gasteiger charge is 1.99. The van der Waals surface area contributed by atoms with Crippen molar-refractivity contribution in [2.75, 3.05) is 0 Å². The number of benzene rings is 3. The molecule has 0 fully saturated rings. The van der Waals surface area contributed by atoms with Gasteiger partial charge in [0.1, 0.15) is 12.9 Å². The third-order valence-corrected chi connectivity index (χ3v) is 2.84. The molecule has 0 unspecified atom stereocenters. The number of ether oxygens (including phenoxy) is 1. The Morgan fingerprint density at radius 2 is 1.31 bits per heavy atom. The number of fused-ring (bicyclic) bond motifs is 2. The van der Waals surface area contributed by atoms with Crippen molar-refractivity contribution in [3.8, 4) is 5.75 Å². The van der Waals surface area contributed by atoms with Crippen LogP contribution in [-0.4, -0.2) is 0 Å². The van der Waals surface area contributed by atoms with Crippen molar-refractivity contribution in [2.24, 2.45) is 0 Å². The second-order valence-electron chi connectivity index (χ2n) is 3.85. The van der Waals surface area contributed by atoms with Crippen molar-refractivity contribution in [1.29, 1.82) is 0 Å². The molecule has 0 aromatic heterocycles. The van der Waals surface area contributed by atoms with Gasteiger partial charge in [0.15, 0.2) is 0 Å². The molecule has 0 N–H and O–H groups in total. The van der Waals surface area contributed by atoms with Gasteiger partial charge in [0, 0.05) is 0 Å². The molecule has 77 valence electrons. The zero-order valence-electron chi connectivity index (χ0n) is 8.81. The van der Waals surface area contributed by atoms with E-state index in [-0.39, 0.29) is 0 Å². The van der Waals surface area contributed by atoms with E-state index in [9.17, 15) is 0 Å². The molecule has 3 rings (SSSR count). The van der Waals surface area contributed by atoms with Gasteiger partial charge in [-0.1, -0.05) is 30.3 Å². The molecular weight excluding hydrogens is 196 g/mol. The van der Waals surface area contributed by atoms with Gasteiger partial charge >= 0.3 is 0 Å². The van der Waals surface area contributed by atoms with E-state index in [1.807, 2.05) is 12.1 Å². The molecule has 0 bridgehead atoms. The molecule has 0 heterocycles. The predicted molar refractivity (Wildman–Crippen MR) is 67.4 cm³/mol. The zero-order chi connectivity index (χ0) is 11.0. The lowest BCUT2D eigenvalue weighted by atomic mass is 10.0. The zero-order valence-corrected chi connectivity index (χ0v) is 8.81. The van der Waals surface area contributed by atoms with Gasteiger partial charge in [0.25, 0.3) is 0 Å². The van der Waals surface area contributed by atoms with Crippen LogP contribution in [0.5, 0.6) is 5.75 Å². The summed E-state index contributed by atoms with van der Waals surface area (Å²) in [6.45, 7) is 0. The second-order valence-corrected chi connectivity index (χ2v) is 3.85. The van der Waals surface area contributed by atoms with Crippen molar-refractivity contribution in [3.05, 3.63) is 61.7 Å². The first kappa shape index (κ1) is 9.22. The summed E-state index contributed by atoms with van der Waals surface area (Å²) >= 11 is 0. The molecule has 0 spiro atoms.